The second kappa shape index (κ2) is 7.85. The highest BCUT2D eigenvalue weighted by atomic mass is 16.1. The molecule has 0 saturated carbocycles. The van der Waals surface area contributed by atoms with Gasteiger partial charge in [-0.05, 0) is 38.4 Å². The summed E-state index contributed by atoms with van der Waals surface area (Å²) < 4.78 is 0. The summed E-state index contributed by atoms with van der Waals surface area (Å²) in [7, 11) is 0. The van der Waals surface area contributed by atoms with Crippen LogP contribution in [0.3, 0.4) is 0 Å². The number of nitrogens with one attached hydrogen (secondary N) is 1. The van der Waals surface area contributed by atoms with Gasteiger partial charge in [0.15, 0.2) is 0 Å². The Labute approximate surface area is 103 Å². The first-order valence-electron chi connectivity index (χ1n) is 6.29. The van der Waals surface area contributed by atoms with Crippen molar-refractivity contribution in [2.45, 2.75) is 32.6 Å². The van der Waals surface area contributed by atoms with Crippen molar-refractivity contribution in [3.8, 4) is 0 Å². The topological polar surface area (TPSA) is 55.1 Å². The van der Waals surface area contributed by atoms with Crippen LogP contribution in [0, 0.1) is 6.92 Å². The first-order valence-corrected chi connectivity index (χ1v) is 6.29. The van der Waals surface area contributed by atoms with E-state index in [1.54, 1.807) is 0 Å². The number of carbonyl (C=O) groups excluding carboxylic acids is 1. The van der Waals surface area contributed by atoms with Crippen LogP contribution in [-0.4, -0.2) is 19.0 Å². The molecule has 0 fully saturated rings. The number of nitrogens with two attached hydrogens (primary N) is 1. The van der Waals surface area contributed by atoms with Gasteiger partial charge in [-0.15, -0.1) is 0 Å². The monoisotopic (exact) mass is 234 g/mol. The van der Waals surface area contributed by atoms with Gasteiger partial charge in [-0.25, -0.2) is 0 Å². The van der Waals surface area contributed by atoms with Gasteiger partial charge in [0.1, 0.15) is 0 Å². The largest absolute Gasteiger partial charge is 0.352 e. The molecular weight excluding hydrogens is 212 g/mol. The number of benzene rings is 1. The van der Waals surface area contributed by atoms with Crippen molar-refractivity contribution in [2.24, 2.45) is 5.73 Å². The summed E-state index contributed by atoms with van der Waals surface area (Å²) in [6, 6.07) is 7.63. The van der Waals surface area contributed by atoms with Crippen molar-refractivity contribution in [3.63, 3.8) is 0 Å². The lowest BCUT2D eigenvalue weighted by Gasteiger charge is -2.05. The van der Waals surface area contributed by atoms with E-state index in [4.69, 9.17) is 5.73 Å². The Morgan fingerprint density at radius 3 is 2.41 bits per heavy atom. The summed E-state index contributed by atoms with van der Waals surface area (Å²) in [5, 5.41) is 2.93. The summed E-state index contributed by atoms with van der Waals surface area (Å²) in [4.78, 5) is 11.7. The quantitative estimate of drug-likeness (QED) is 0.711. The molecule has 0 heterocycles. The molecule has 0 aliphatic carbocycles. The summed E-state index contributed by atoms with van der Waals surface area (Å²) >= 11 is 0. The Kier molecular flexibility index (Phi) is 6.33. The average Bonchev–Trinajstić information content (AvgIpc) is 2.34. The van der Waals surface area contributed by atoms with Crippen molar-refractivity contribution < 1.29 is 4.79 Å². The fraction of sp³-hybridized carbons (Fsp3) is 0.500. The summed E-state index contributed by atoms with van der Waals surface area (Å²) in [5.74, 6) is 0.0174. The number of carbonyl (C=O) groups is 1. The highest BCUT2D eigenvalue weighted by molar-refractivity contribution is 5.94. The molecule has 1 amide bonds. The van der Waals surface area contributed by atoms with E-state index < -0.39 is 0 Å². The van der Waals surface area contributed by atoms with Crippen LogP contribution < -0.4 is 11.1 Å². The molecule has 0 unspecified atom stereocenters. The normalized spacial score (nSPS) is 10.2. The predicted molar refractivity (Wildman–Crippen MR) is 71.0 cm³/mol. The number of hydrogen-bond donors (Lipinski definition) is 2. The van der Waals surface area contributed by atoms with E-state index in [0.717, 1.165) is 44.3 Å². The number of aryl methyl sites for hydroxylation is 1. The molecule has 1 rings (SSSR count). The molecule has 17 heavy (non-hydrogen) atoms. The van der Waals surface area contributed by atoms with Gasteiger partial charge in [-0.1, -0.05) is 30.5 Å². The van der Waals surface area contributed by atoms with Crippen LogP contribution in [0.15, 0.2) is 24.3 Å². The lowest BCUT2D eigenvalue weighted by molar-refractivity contribution is 0.0953. The van der Waals surface area contributed by atoms with Crippen LogP contribution in [0.1, 0.15) is 41.6 Å². The van der Waals surface area contributed by atoms with Gasteiger partial charge in [0.25, 0.3) is 5.91 Å². The fourth-order valence-electron chi connectivity index (χ4n) is 1.63. The number of rotatable bonds is 7. The minimum absolute atomic E-state index is 0.0174. The number of amides is 1. The van der Waals surface area contributed by atoms with E-state index in [-0.39, 0.29) is 5.91 Å². The van der Waals surface area contributed by atoms with E-state index >= 15 is 0 Å². The third kappa shape index (κ3) is 5.50. The lowest BCUT2D eigenvalue weighted by Crippen LogP contribution is -2.24. The molecule has 0 aliphatic heterocycles. The second-order valence-electron chi connectivity index (χ2n) is 4.32. The Bertz CT molecular complexity index is 333. The number of unbranched alkanes of at least 4 members (excludes halogenated alkanes) is 3. The molecule has 3 N–H and O–H groups in total. The van der Waals surface area contributed by atoms with Gasteiger partial charge >= 0.3 is 0 Å². The van der Waals surface area contributed by atoms with Crippen LogP contribution in [0.2, 0.25) is 0 Å². The zero-order valence-electron chi connectivity index (χ0n) is 10.5. The first kappa shape index (κ1) is 13.7. The molecule has 0 spiro atoms. The van der Waals surface area contributed by atoms with Crippen molar-refractivity contribution in [2.75, 3.05) is 13.1 Å². The highest BCUT2D eigenvalue weighted by Gasteiger charge is 2.03. The van der Waals surface area contributed by atoms with Gasteiger partial charge in [0, 0.05) is 12.1 Å². The van der Waals surface area contributed by atoms with Crippen LogP contribution in [0.4, 0.5) is 0 Å². The van der Waals surface area contributed by atoms with Crippen molar-refractivity contribution in [1.82, 2.24) is 5.32 Å². The molecule has 0 saturated heterocycles. The Hall–Kier alpha value is -1.35. The Morgan fingerprint density at radius 2 is 1.76 bits per heavy atom. The Morgan fingerprint density at radius 1 is 1.12 bits per heavy atom. The molecule has 0 bridgehead atoms. The SMILES string of the molecule is Cc1ccc(C(=O)NCCCCCCN)cc1. The molecule has 3 heteroatoms. The molecule has 1 aromatic carbocycles. The summed E-state index contributed by atoms with van der Waals surface area (Å²) in [6.45, 7) is 3.52. The summed E-state index contributed by atoms with van der Waals surface area (Å²) in [6.07, 6.45) is 4.38. The molecule has 0 aromatic heterocycles. The highest BCUT2D eigenvalue weighted by Crippen LogP contribution is 2.03. The van der Waals surface area contributed by atoms with E-state index in [2.05, 4.69) is 5.32 Å². The molecule has 3 nitrogen and oxygen atoms in total. The predicted octanol–water partition coefficient (Wildman–Crippen LogP) is 2.24. The molecule has 0 atom stereocenters. The van der Waals surface area contributed by atoms with Gasteiger partial charge < -0.3 is 11.1 Å². The second-order valence-corrected chi connectivity index (χ2v) is 4.32. The smallest absolute Gasteiger partial charge is 0.251 e. The molecular formula is C14H22N2O. The standard InChI is InChI=1S/C14H22N2O/c1-12-6-8-13(9-7-12)14(17)16-11-5-3-2-4-10-15/h6-9H,2-5,10-11,15H2,1H3,(H,16,17). The van der Waals surface area contributed by atoms with Crippen molar-refractivity contribution >= 4 is 5.91 Å². The van der Waals surface area contributed by atoms with Crippen LogP contribution in [-0.2, 0) is 0 Å². The van der Waals surface area contributed by atoms with E-state index in [1.807, 2.05) is 31.2 Å². The average molecular weight is 234 g/mol. The maximum absolute atomic E-state index is 11.7. The third-order valence-electron chi connectivity index (χ3n) is 2.73. The van der Waals surface area contributed by atoms with Crippen LogP contribution in [0.5, 0.6) is 0 Å². The van der Waals surface area contributed by atoms with Crippen molar-refractivity contribution in [3.05, 3.63) is 35.4 Å². The van der Waals surface area contributed by atoms with Crippen LogP contribution >= 0.6 is 0 Å². The molecule has 1 aromatic rings. The third-order valence-corrected chi connectivity index (χ3v) is 2.73. The maximum Gasteiger partial charge on any atom is 0.251 e. The summed E-state index contributed by atoms with van der Waals surface area (Å²) in [5.41, 5.74) is 7.31. The number of hydrogen-bond acceptors (Lipinski definition) is 2. The zero-order chi connectivity index (χ0) is 12.5. The minimum Gasteiger partial charge on any atom is -0.352 e. The van der Waals surface area contributed by atoms with Gasteiger partial charge in [0.2, 0.25) is 0 Å². The fourth-order valence-corrected chi connectivity index (χ4v) is 1.63. The van der Waals surface area contributed by atoms with Gasteiger partial charge in [0.05, 0.1) is 0 Å². The van der Waals surface area contributed by atoms with Crippen molar-refractivity contribution in [1.29, 1.82) is 0 Å². The first-order chi connectivity index (χ1) is 8.24. The van der Waals surface area contributed by atoms with Gasteiger partial charge in [-0.3, -0.25) is 4.79 Å². The molecule has 94 valence electrons. The lowest BCUT2D eigenvalue weighted by atomic mass is 10.1. The molecule has 0 aliphatic rings. The Balaban J connectivity index is 2.19. The van der Waals surface area contributed by atoms with E-state index in [9.17, 15) is 4.79 Å². The maximum atomic E-state index is 11.7. The van der Waals surface area contributed by atoms with Gasteiger partial charge in [-0.2, -0.15) is 0 Å². The minimum atomic E-state index is 0.0174. The van der Waals surface area contributed by atoms with E-state index in [0.29, 0.717) is 0 Å². The zero-order valence-corrected chi connectivity index (χ0v) is 10.5. The van der Waals surface area contributed by atoms with E-state index in [1.165, 1.54) is 5.56 Å². The molecule has 0 radical (unpaired) electrons. The van der Waals surface area contributed by atoms with Crippen LogP contribution in [0.25, 0.3) is 0 Å².